The largest absolute Gasteiger partial charge is 0.493 e. The van der Waals surface area contributed by atoms with E-state index in [0.717, 1.165) is 0 Å². The Bertz CT molecular complexity index is 1220. The van der Waals surface area contributed by atoms with Crippen LogP contribution in [-0.4, -0.2) is 52.8 Å². The number of halogens is 1. The molecule has 5 N–H and O–H groups in total. The molecule has 10 nitrogen and oxygen atoms in total. The van der Waals surface area contributed by atoms with Gasteiger partial charge in [-0.3, -0.25) is 4.79 Å². The Kier molecular flexibility index (Phi) is 7.75. The summed E-state index contributed by atoms with van der Waals surface area (Å²) < 4.78 is 11.1. The smallest absolute Gasteiger partial charge is 0.328 e. The summed E-state index contributed by atoms with van der Waals surface area (Å²) in [5.74, 6) is -0.134. The third-order valence-corrected chi connectivity index (χ3v) is 5.19. The number of aromatic nitrogens is 2. The number of benzene rings is 2. The van der Waals surface area contributed by atoms with Crippen LogP contribution in [0.3, 0.4) is 0 Å². The molecular weight excluding hydrogens is 462 g/mol. The van der Waals surface area contributed by atoms with Crippen molar-refractivity contribution in [2.75, 3.05) is 25.6 Å². The Balaban J connectivity index is 1.96. The average molecular weight is 488 g/mol. The molecule has 0 saturated heterocycles. The summed E-state index contributed by atoms with van der Waals surface area (Å²) in [6.07, 6.45) is 1.33. The number of carbonyl (C=O) groups excluding carboxylic acids is 1. The van der Waals surface area contributed by atoms with E-state index in [0.29, 0.717) is 57.6 Å². The van der Waals surface area contributed by atoms with E-state index in [9.17, 15) is 14.7 Å². The van der Waals surface area contributed by atoms with E-state index >= 15 is 0 Å². The summed E-state index contributed by atoms with van der Waals surface area (Å²) in [4.78, 5) is 32.5. The van der Waals surface area contributed by atoms with Gasteiger partial charge >= 0.3 is 5.97 Å². The van der Waals surface area contributed by atoms with Crippen LogP contribution in [0, 0.1) is 0 Å². The molecule has 0 spiro atoms. The Morgan fingerprint density at radius 3 is 2.62 bits per heavy atom. The monoisotopic (exact) mass is 487 g/mol. The lowest BCUT2D eigenvalue weighted by Crippen LogP contribution is -2.50. The normalized spacial score (nSPS) is 11.2. The first-order chi connectivity index (χ1) is 16.1. The third kappa shape index (κ3) is 5.83. The fraction of sp³-hybridized carbons (Fsp3) is 0.304. The van der Waals surface area contributed by atoms with Gasteiger partial charge in [0, 0.05) is 28.7 Å². The molecule has 180 valence electrons. The van der Waals surface area contributed by atoms with E-state index in [4.69, 9.17) is 26.8 Å². The lowest BCUT2D eigenvalue weighted by molar-refractivity contribution is -0.145. The molecule has 3 rings (SSSR count). The van der Waals surface area contributed by atoms with Crippen molar-refractivity contribution >= 4 is 45.9 Å². The molecule has 0 aliphatic rings. The van der Waals surface area contributed by atoms with Crippen molar-refractivity contribution in [2.24, 2.45) is 5.73 Å². The van der Waals surface area contributed by atoms with Gasteiger partial charge in [-0.15, -0.1) is 0 Å². The Morgan fingerprint density at radius 2 is 1.94 bits per heavy atom. The van der Waals surface area contributed by atoms with Crippen molar-refractivity contribution in [1.29, 1.82) is 0 Å². The van der Waals surface area contributed by atoms with Gasteiger partial charge in [-0.05, 0) is 37.6 Å². The number of fused-ring (bicyclic) bond motifs is 1. The Hall–Kier alpha value is -3.63. The van der Waals surface area contributed by atoms with Crippen LogP contribution < -0.4 is 25.8 Å². The van der Waals surface area contributed by atoms with Crippen LogP contribution in [-0.2, 0) is 16.0 Å². The van der Waals surface area contributed by atoms with Crippen LogP contribution in [0.2, 0.25) is 5.02 Å². The van der Waals surface area contributed by atoms with Crippen molar-refractivity contribution in [3.63, 3.8) is 0 Å². The summed E-state index contributed by atoms with van der Waals surface area (Å²) in [5.41, 5.74) is 5.90. The quantitative estimate of drug-likeness (QED) is 0.338. The molecule has 34 heavy (non-hydrogen) atoms. The number of nitrogens with zero attached hydrogens (tertiary/aromatic N) is 2. The van der Waals surface area contributed by atoms with Gasteiger partial charge in [0.15, 0.2) is 11.5 Å². The first kappa shape index (κ1) is 25.0. The molecule has 11 heteroatoms. The van der Waals surface area contributed by atoms with Gasteiger partial charge in [0.1, 0.15) is 24.3 Å². The van der Waals surface area contributed by atoms with Gasteiger partial charge < -0.3 is 30.9 Å². The molecule has 0 unspecified atom stereocenters. The predicted octanol–water partition coefficient (Wildman–Crippen LogP) is 2.89. The minimum Gasteiger partial charge on any atom is -0.493 e. The van der Waals surface area contributed by atoms with Crippen LogP contribution in [0.1, 0.15) is 19.4 Å². The number of rotatable bonds is 10. The summed E-state index contributed by atoms with van der Waals surface area (Å²) in [6.45, 7) is 3.47. The summed E-state index contributed by atoms with van der Waals surface area (Å²) in [6, 6.07) is 8.49. The molecule has 0 radical (unpaired) electrons. The van der Waals surface area contributed by atoms with E-state index in [1.54, 1.807) is 30.3 Å². The SMILES string of the molecule is COc1cc2ncnc(Nc3cc(Cl)ccc3CC(=O)NC(C)(C)C(=O)O)c2cc1OCCN. The van der Waals surface area contributed by atoms with Crippen LogP contribution >= 0.6 is 11.6 Å². The van der Waals surface area contributed by atoms with Crippen molar-refractivity contribution in [1.82, 2.24) is 15.3 Å². The zero-order chi connectivity index (χ0) is 24.9. The number of amides is 1. The number of ether oxygens (including phenoxy) is 2. The second-order valence-corrected chi connectivity index (χ2v) is 8.40. The molecule has 1 amide bonds. The molecule has 0 bridgehead atoms. The van der Waals surface area contributed by atoms with Gasteiger partial charge in [-0.1, -0.05) is 17.7 Å². The maximum atomic E-state index is 12.5. The number of hydrogen-bond donors (Lipinski definition) is 4. The van der Waals surface area contributed by atoms with Crippen LogP contribution in [0.4, 0.5) is 11.5 Å². The molecule has 0 saturated carbocycles. The number of anilines is 2. The third-order valence-electron chi connectivity index (χ3n) is 4.96. The van der Waals surface area contributed by atoms with E-state index in [1.807, 2.05) is 0 Å². The van der Waals surface area contributed by atoms with Crippen molar-refractivity contribution in [2.45, 2.75) is 25.8 Å². The standard InChI is InChI=1S/C23H26ClN5O5/c1-23(2,22(31)32)29-20(30)8-13-4-5-14(24)9-16(13)28-21-15-10-19(34-7-6-25)18(33-3)11-17(15)26-12-27-21/h4-5,9-12H,6-8,25H2,1-3H3,(H,29,30)(H,31,32)(H,26,27,28). The highest BCUT2D eigenvalue weighted by atomic mass is 35.5. The van der Waals surface area contributed by atoms with Crippen molar-refractivity contribution < 1.29 is 24.2 Å². The van der Waals surface area contributed by atoms with Crippen LogP contribution in [0.25, 0.3) is 10.9 Å². The zero-order valence-corrected chi connectivity index (χ0v) is 19.8. The van der Waals surface area contributed by atoms with Gasteiger partial charge in [-0.25, -0.2) is 14.8 Å². The van der Waals surface area contributed by atoms with Gasteiger partial charge in [0.25, 0.3) is 0 Å². The lowest BCUT2D eigenvalue weighted by atomic mass is 10.0. The van der Waals surface area contributed by atoms with Crippen molar-refractivity contribution in [3.05, 3.63) is 47.2 Å². The van der Waals surface area contributed by atoms with Crippen molar-refractivity contribution in [3.8, 4) is 11.5 Å². The van der Waals surface area contributed by atoms with Crippen LogP contribution in [0.5, 0.6) is 11.5 Å². The maximum Gasteiger partial charge on any atom is 0.328 e. The zero-order valence-electron chi connectivity index (χ0n) is 19.0. The number of carbonyl (C=O) groups is 2. The first-order valence-electron chi connectivity index (χ1n) is 10.4. The highest BCUT2D eigenvalue weighted by Crippen LogP contribution is 2.35. The topological polar surface area (TPSA) is 149 Å². The highest BCUT2D eigenvalue weighted by Gasteiger charge is 2.29. The molecular formula is C23H26ClN5O5. The number of aliphatic carboxylic acids is 1. The van der Waals surface area contributed by atoms with Crippen LogP contribution in [0.15, 0.2) is 36.7 Å². The molecule has 1 aromatic heterocycles. The highest BCUT2D eigenvalue weighted by molar-refractivity contribution is 6.31. The number of carboxylic acids is 1. The summed E-state index contributed by atoms with van der Waals surface area (Å²) in [5, 5.41) is 16.1. The van der Waals surface area contributed by atoms with E-state index < -0.39 is 17.4 Å². The molecule has 0 aliphatic carbocycles. The second-order valence-electron chi connectivity index (χ2n) is 7.96. The summed E-state index contributed by atoms with van der Waals surface area (Å²) in [7, 11) is 1.53. The van der Waals surface area contributed by atoms with Gasteiger partial charge in [0.05, 0.1) is 19.0 Å². The van der Waals surface area contributed by atoms with Gasteiger partial charge in [-0.2, -0.15) is 0 Å². The minimum absolute atomic E-state index is 0.0715. The lowest BCUT2D eigenvalue weighted by Gasteiger charge is -2.21. The second kappa shape index (κ2) is 10.5. The molecule has 2 aromatic carbocycles. The maximum absolute atomic E-state index is 12.5. The molecule has 0 atom stereocenters. The number of methoxy groups -OCH3 is 1. The molecule has 1 heterocycles. The number of hydrogen-bond acceptors (Lipinski definition) is 8. The fourth-order valence-corrected chi connectivity index (χ4v) is 3.34. The molecule has 0 fully saturated rings. The molecule has 0 aliphatic heterocycles. The predicted molar refractivity (Wildman–Crippen MR) is 129 cm³/mol. The molecule has 3 aromatic rings. The average Bonchev–Trinajstić information content (AvgIpc) is 2.78. The van der Waals surface area contributed by atoms with Gasteiger partial charge in [0.2, 0.25) is 5.91 Å². The Labute approximate surface area is 201 Å². The minimum atomic E-state index is -1.40. The first-order valence-corrected chi connectivity index (χ1v) is 10.8. The summed E-state index contributed by atoms with van der Waals surface area (Å²) >= 11 is 6.21. The Morgan fingerprint density at radius 1 is 1.18 bits per heavy atom. The van der Waals surface area contributed by atoms with E-state index in [2.05, 4.69) is 20.6 Å². The number of nitrogens with two attached hydrogens (primary N) is 1. The fourth-order valence-electron chi connectivity index (χ4n) is 3.17. The number of carboxylic acid groups (broad SMARTS) is 1. The number of nitrogens with one attached hydrogen (secondary N) is 2. The van der Waals surface area contributed by atoms with E-state index in [-0.39, 0.29) is 6.42 Å². The van der Waals surface area contributed by atoms with E-state index in [1.165, 1.54) is 27.3 Å².